The van der Waals surface area contributed by atoms with E-state index in [2.05, 4.69) is 29.8 Å². The van der Waals surface area contributed by atoms with Gasteiger partial charge in [0, 0.05) is 22.6 Å². The molecule has 0 saturated heterocycles. The number of hydrogen-bond acceptors (Lipinski definition) is 3. The molecule has 8 heteroatoms. The fourth-order valence-corrected chi connectivity index (χ4v) is 3.26. The minimum absolute atomic E-state index is 0.0253. The predicted octanol–water partition coefficient (Wildman–Crippen LogP) is 6.13. The molecule has 0 atom stereocenters. The maximum absolute atomic E-state index is 12.9. The molecule has 2 amide bonds. The summed E-state index contributed by atoms with van der Waals surface area (Å²) in [4.78, 5) is 24.9. The van der Waals surface area contributed by atoms with Crippen molar-refractivity contribution < 1.29 is 22.8 Å². The van der Waals surface area contributed by atoms with Gasteiger partial charge >= 0.3 is 6.18 Å². The lowest BCUT2D eigenvalue weighted by Crippen LogP contribution is -2.22. The molecule has 0 aliphatic carbocycles. The van der Waals surface area contributed by atoms with E-state index in [9.17, 15) is 22.8 Å². The second-order valence-corrected chi connectivity index (χ2v) is 7.76. The van der Waals surface area contributed by atoms with Crippen LogP contribution in [0.25, 0.3) is 0 Å². The molecule has 0 radical (unpaired) electrons. The summed E-state index contributed by atoms with van der Waals surface area (Å²) in [6.07, 6.45) is -4.51. The lowest BCUT2D eigenvalue weighted by atomic mass is 10.0. The number of carbonyl (C=O) groups is 2. The van der Waals surface area contributed by atoms with E-state index in [0.717, 1.165) is 23.4 Å². The Hall–Kier alpha value is -3.81. The topological polar surface area (TPSA) is 70.2 Å². The first-order valence-corrected chi connectivity index (χ1v) is 10.3. The smallest absolute Gasteiger partial charge is 0.376 e. The maximum Gasteiger partial charge on any atom is 0.416 e. The third-order valence-corrected chi connectivity index (χ3v) is 4.88. The zero-order valence-corrected chi connectivity index (χ0v) is 18.2. The minimum Gasteiger partial charge on any atom is -0.376 e. The minimum atomic E-state index is -4.51. The van der Waals surface area contributed by atoms with Gasteiger partial charge in [-0.25, -0.2) is 0 Å². The summed E-state index contributed by atoms with van der Waals surface area (Å²) in [6.45, 7) is 4.16. The van der Waals surface area contributed by atoms with E-state index in [1.54, 1.807) is 12.1 Å². The summed E-state index contributed by atoms with van der Waals surface area (Å²) in [5, 5.41) is 8.29. The van der Waals surface area contributed by atoms with Crippen LogP contribution in [0, 0.1) is 0 Å². The van der Waals surface area contributed by atoms with Crippen molar-refractivity contribution in [2.24, 2.45) is 0 Å². The molecule has 0 unspecified atom stereocenters. The zero-order valence-electron chi connectivity index (χ0n) is 18.2. The summed E-state index contributed by atoms with van der Waals surface area (Å²) in [7, 11) is 0. The Morgan fingerprint density at radius 2 is 1.52 bits per heavy atom. The van der Waals surface area contributed by atoms with Crippen molar-refractivity contribution in [3.05, 3.63) is 89.5 Å². The summed E-state index contributed by atoms with van der Waals surface area (Å²) >= 11 is 0. The molecule has 0 spiro atoms. The van der Waals surface area contributed by atoms with Gasteiger partial charge in [0.05, 0.1) is 12.1 Å². The number of rotatable bonds is 7. The predicted molar refractivity (Wildman–Crippen MR) is 123 cm³/mol. The Morgan fingerprint density at radius 3 is 2.21 bits per heavy atom. The first-order valence-electron chi connectivity index (χ1n) is 10.3. The van der Waals surface area contributed by atoms with Gasteiger partial charge in [0.25, 0.3) is 5.91 Å². The van der Waals surface area contributed by atoms with Crippen LogP contribution in [-0.4, -0.2) is 18.4 Å². The average Bonchev–Trinajstić information content (AvgIpc) is 2.77. The highest BCUT2D eigenvalue weighted by Gasteiger charge is 2.30. The van der Waals surface area contributed by atoms with E-state index in [0.29, 0.717) is 11.6 Å². The van der Waals surface area contributed by atoms with Crippen LogP contribution >= 0.6 is 0 Å². The van der Waals surface area contributed by atoms with Crippen LogP contribution in [0.1, 0.15) is 41.3 Å². The van der Waals surface area contributed by atoms with Crippen LogP contribution in [-0.2, 0) is 11.0 Å². The number of para-hydroxylation sites is 1. The molecule has 3 aromatic carbocycles. The van der Waals surface area contributed by atoms with Crippen molar-refractivity contribution in [3.8, 4) is 0 Å². The van der Waals surface area contributed by atoms with Crippen molar-refractivity contribution in [2.45, 2.75) is 25.9 Å². The number of anilines is 3. The summed E-state index contributed by atoms with van der Waals surface area (Å²) < 4.78 is 38.6. The largest absolute Gasteiger partial charge is 0.416 e. The van der Waals surface area contributed by atoms with Crippen LogP contribution in [0.15, 0.2) is 72.8 Å². The maximum atomic E-state index is 12.9. The van der Waals surface area contributed by atoms with Crippen molar-refractivity contribution in [3.63, 3.8) is 0 Å². The van der Waals surface area contributed by atoms with Crippen molar-refractivity contribution in [2.75, 3.05) is 22.5 Å². The van der Waals surface area contributed by atoms with E-state index in [-0.39, 0.29) is 23.7 Å². The molecule has 0 aromatic heterocycles. The van der Waals surface area contributed by atoms with Gasteiger partial charge in [0.2, 0.25) is 5.91 Å². The van der Waals surface area contributed by atoms with E-state index < -0.39 is 17.6 Å². The van der Waals surface area contributed by atoms with Crippen molar-refractivity contribution in [1.29, 1.82) is 0 Å². The average molecular weight is 455 g/mol. The summed E-state index contributed by atoms with van der Waals surface area (Å²) in [6, 6.07) is 18.3. The summed E-state index contributed by atoms with van der Waals surface area (Å²) in [5.41, 5.74) is 1.74. The molecule has 3 N–H and O–H groups in total. The Labute approximate surface area is 190 Å². The van der Waals surface area contributed by atoms with Gasteiger partial charge in [-0.05, 0) is 53.9 Å². The lowest BCUT2D eigenvalue weighted by molar-refractivity contribution is -0.137. The fourth-order valence-electron chi connectivity index (χ4n) is 3.26. The first kappa shape index (κ1) is 23.8. The molecular weight excluding hydrogens is 431 g/mol. The van der Waals surface area contributed by atoms with E-state index in [1.165, 1.54) is 24.3 Å². The molecule has 5 nitrogen and oxygen atoms in total. The second-order valence-electron chi connectivity index (χ2n) is 7.76. The van der Waals surface area contributed by atoms with Gasteiger partial charge in [0.15, 0.2) is 0 Å². The summed E-state index contributed by atoms with van der Waals surface area (Å²) in [5.74, 6) is -0.595. The van der Waals surface area contributed by atoms with Gasteiger partial charge < -0.3 is 16.0 Å². The highest BCUT2D eigenvalue weighted by atomic mass is 19.4. The van der Waals surface area contributed by atoms with Gasteiger partial charge in [-0.15, -0.1) is 0 Å². The van der Waals surface area contributed by atoms with E-state index >= 15 is 0 Å². The SMILES string of the molecule is CC(C)c1ccccc1NCC(=O)Nc1cccc(C(=O)Nc2cccc(C(F)(F)F)c2)c1. The Bertz CT molecular complexity index is 1140. The molecule has 33 heavy (non-hydrogen) atoms. The van der Waals surface area contributed by atoms with Crippen LogP contribution < -0.4 is 16.0 Å². The molecular formula is C25H24F3N3O2. The Kier molecular flexibility index (Phi) is 7.37. The molecule has 0 aliphatic rings. The lowest BCUT2D eigenvalue weighted by Gasteiger charge is -2.14. The number of amides is 2. The van der Waals surface area contributed by atoms with Crippen molar-refractivity contribution >= 4 is 28.9 Å². The van der Waals surface area contributed by atoms with Gasteiger partial charge in [-0.2, -0.15) is 13.2 Å². The molecule has 0 fully saturated rings. The highest BCUT2D eigenvalue weighted by Crippen LogP contribution is 2.30. The molecule has 3 rings (SSSR count). The molecule has 3 aromatic rings. The highest BCUT2D eigenvalue weighted by molar-refractivity contribution is 6.05. The number of carbonyl (C=O) groups excluding carboxylic acids is 2. The third-order valence-electron chi connectivity index (χ3n) is 4.88. The standard InChI is InChI=1S/C25H24F3N3O2/c1-16(2)21-11-3-4-12-22(21)29-15-23(32)30-19-9-5-7-17(13-19)24(33)31-20-10-6-8-18(14-20)25(26,27)28/h3-14,16,29H,15H2,1-2H3,(H,30,32)(H,31,33). The van der Waals surface area contributed by atoms with E-state index in [4.69, 9.17) is 0 Å². The first-order chi connectivity index (χ1) is 15.6. The molecule has 0 bridgehead atoms. The van der Waals surface area contributed by atoms with Gasteiger partial charge in [0.1, 0.15) is 0 Å². The molecule has 0 aliphatic heterocycles. The van der Waals surface area contributed by atoms with Crippen LogP contribution in [0.2, 0.25) is 0 Å². The van der Waals surface area contributed by atoms with Crippen LogP contribution in [0.3, 0.4) is 0 Å². The second kappa shape index (κ2) is 10.2. The van der Waals surface area contributed by atoms with Crippen LogP contribution in [0.4, 0.5) is 30.2 Å². The third kappa shape index (κ3) is 6.58. The molecule has 0 heterocycles. The molecule has 0 saturated carbocycles. The van der Waals surface area contributed by atoms with Crippen LogP contribution in [0.5, 0.6) is 0 Å². The number of nitrogens with one attached hydrogen (secondary N) is 3. The number of benzene rings is 3. The van der Waals surface area contributed by atoms with E-state index in [1.807, 2.05) is 24.3 Å². The number of hydrogen-bond donors (Lipinski definition) is 3. The quantitative estimate of drug-likeness (QED) is 0.401. The number of halogens is 3. The fraction of sp³-hybridized carbons (Fsp3) is 0.200. The van der Waals surface area contributed by atoms with Crippen molar-refractivity contribution in [1.82, 2.24) is 0 Å². The van der Waals surface area contributed by atoms with Gasteiger partial charge in [-0.1, -0.05) is 44.2 Å². The monoisotopic (exact) mass is 455 g/mol. The zero-order chi connectivity index (χ0) is 24.0. The van der Waals surface area contributed by atoms with Gasteiger partial charge in [-0.3, -0.25) is 9.59 Å². The normalized spacial score (nSPS) is 11.2. The number of alkyl halides is 3. The Balaban J connectivity index is 1.63. The molecule has 172 valence electrons. The Morgan fingerprint density at radius 1 is 0.848 bits per heavy atom.